The fraction of sp³-hybridized carbons (Fsp3) is 0.385. The lowest BCUT2D eigenvalue weighted by molar-refractivity contribution is -0.144. The molecular formula is C13H14F4N4. The Morgan fingerprint density at radius 1 is 1.24 bits per heavy atom. The molecule has 1 aromatic heterocycles. The Morgan fingerprint density at radius 3 is 2.38 bits per heavy atom. The van der Waals surface area contributed by atoms with Gasteiger partial charge in [0.25, 0.3) is 5.82 Å². The Bertz CT molecular complexity index is 646. The van der Waals surface area contributed by atoms with Crippen molar-refractivity contribution < 1.29 is 17.6 Å². The van der Waals surface area contributed by atoms with Crippen LogP contribution >= 0.6 is 0 Å². The fourth-order valence-corrected chi connectivity index (χ4v) is 1.82. The van der Waals surface area contributed by atoms with Crippen molar-refractivity contribution in [3.8, 4) is 5.69 Å². The average molecular weight is 302 g/mol. The maximum atomic E-state index is 14.1. The number of benzene rings is 1. The minimum atomic E-state index is -4.69. The number of nitrogens with zero attached hydrogens (tertiary/aromatic N) is 3. The van der Waals surface area contributed by atoms with Crippen LogP contribution in [0.15, 0.2) is 18.2 Å². The van der Waals surface area contributed by atoms with Crippen LogP contribution in [0.3, 0.4) is 0 Å². The van der Waals surface area contributed by atoms with E-state index in [1.165, 1.54) is 19.2 Å². The monoisotopic (exact) mass is 302 g/mol. The van der Waals surface area contributed by atoms with Gasteiger partial charge in [0.05, 0.1) is 0 Å². The van der Waals surface area contributed by atoms with Crippen molar-refractivity contribution in [3.05, 3.63) is 35.4 Å². The highest BCUT2D eigenvalue weighted by Gasteiger charge is 2.37. The SMILES string of the molecule is CNc1nc(C(F)(F)F)nn1-c1ccc(C(C)C)cc1F. The normalized spacial score (nSPS) is 12.0. The summed E-state index contributed by atoms with van der Waals surface area (Å²) >= 11 is 0. The third kappa shape index (κ3) is 2.98. The minimum Gasteiger partial charge on any atom is -0.357 e. The zero-order valence-electron chi connectivity index (χ0n) is 11.7. The highest BCUT2D eigenvalue weighted by Crippen LogP contribution is 2.29. The zero-order chi connectivity index (χ0) is 15.8. The molecule has 8 heteroatoms. The first-order valence-corrected chi connectivity index (χ1v) is 6.26. The van der Waals surface area contributed by atoms with Gasteiger partial charge in [-0.25, -0.2) is 4.39 Å². The Labute approximate surface area is 118 Å². The molecule has 0 aliphatic carbocycles. The quantitative estimate of drug-likeness (QED) is 0.881. The summed E-state index contributed by atoms with van der Waals surface area (Å²) in [4.78, 5) is 3.32. The molecule has 0 spiro atoms. The summed E-state index contributed by atoms with van der Waals surface area (Å²) in [6.45, 7) is 3.79. The maximum absolute atomic E-state index is 14.1. The molecular weight excluding hydrogens is 288 g/mol. The molecule has 21 heavy (non-hydrogen) atoms. The number of rotatable bonds is 3. The lowest BCUT2D eigenvalue weighted by Gasteiger charge is -2.10. The number of nitrogens with one attached hydrogen (secondary N) is 1. The second-order valence-corrected chi connectivity index (χ2v) is 4.78. The van der Waals surface area contributed by atoms with Gasteiger partial charge in [0.1, 0.15) is 11.5 Å². The number of halogens is 4. The smallest absolute Gasteiger partial charge is 0.357 e. The molecule has 0 fully saturated rings. The van der Waals surface area contributed by atoms with E-state index in [0.717, 1.165) is 10.2 Å². The summed E-state index contributed by atoms with van der Waals surface area (Å²) in [7, 11) is 1.39. The predicted molar refractivity (Wildman–Crippen MR) is 70.0 cm³/mol. The van der Waals surface area contributed by atoms with Gasteiger partial charge in [-0.05, 0) is 23.6 Å². The number of alkyl halides is 3. The zero-order valence-corrected chi connectivity index (χ0v) is 11.7. The van der Waals surface area contributed by atoms with Gasteiger partial charge in [-0.1, -0.05) is 19.9 Å². The molecule has 1 aromatic carbocycles. The van der Waals surface area contributed by atoms with Crippen LogP contribution < -0.4 is 5.32 Å². The summed E-state index contributed by atoms with van der Waals surface area (Å²) in [5, 5.41) is 5.81. The van der Waals surface area contributed by atoms with Crippen molar-refractivity contribution in [2.75, 3.05) is 12.4 Å². The maximum Gasteiger partial charge on any atom is 0.453 e. The minimum absolute atomic E-state index is 0.0910. The molecule has 0 amide bonds. The fourth-order valence-electron chi connectivity index (χ4n) is 1.82. The molecule has 0 saturated carbocycles. The molecule has 0 unspecified atom stereocenters. The van der Waals surface area contributed by atoms with Crippen molar-refractivity contribution in [2.45, 2.75) is 25.9 Å². The van der Waals surface area contributed by atoms with Crippen LogP contribution in [0.1, 0.15) is 31.2 Å². The van der Waals surface area contributed by atoms with Crippen molar-refractivity contribution in [1.82, 2.24) is 14.8 Å². The van der Waals surface area contributed by atoms with Crippen LogP contribution in [0.2, 0.25) is 0 Å². The van der Waals surface area contributed by atoms with Crippen LogP contribution in [0.25, 0.3) is 5.69 Å². The summed E-state index contributed by atoms with van der Waals surface area (Å²) in [5.41, 5.74) is 0.658. The van der Waals surface area contributed by atoms with E-state index in [1.807, 2.05) is 13.8 Å². The lowest BCUT2D eigenvalue weighted by Crippen LogP contribution is -2.09. The van der Waals surface area contributed by atoms with Crippen molar-refractivity contribution in [2.24, 2.45) is 0 Å². The average Bonchev–Trinajstić information content (AvgIpc) is 2.82. The number of hydrogen-bond acceptors (Lipinski definition) is 3. The van der Waals surface area contributed by atoms with Crippen LogP contribution in [-0.2, 0) is 6.18 Å². The van der Waals surface area contributed by atoms with Gasteiger partial charge in [0, 0.05) is 7.05 Å². The Morgan fingerprint density at radius 2 is 1.90 bits per heavy atom. The number of hydrogen-bond donors (Lipinski definition) is 1. The first-order valence-electron chi connectivity index (χ1n) is 6.26. The molecule has 0 atom stereocenters. The van der Waals surface area contributed by atoms with Crippen LogP contribution in [0.5, 0.6) is 0 Å². The Hall–Kier alpha value is -2.12. The van der Waals surface area contributed by atoms with Crippen LogP contribution in [0, 0.1) is 5.82 Å². The van der Waals surface area contributed by atoms with Gasteiger partial charge in [-0.2, -0.15) is 22.8 Å². The predicted octanol–water partition coefficient (Wildman–Crippen LogP) is 3.59. The summed E-state index contributed by atoms with van der Waals surface area (Å²) in [6.07, 6.45) is -4.69. The summed E-state index contributed by atoms with van der Waals surface area (Å²) in [6, 6.07) is 4.33. The largest absolute Gasteiger partial charge is 0.453 e. The van der Waals surface area contributed by atoms with Crippen molar-refractivity contribution in [3.63, 3.8) is 0 Å². The van der Waals surface area contributed by atoms with E-state index in [0.29, 0.717) is 0 Å². The molecule has 1 N–H and O–H groups in total. The second kappa shape index (κ2) is 5.34. The van der Waals surface area contributed by atoms with E-state index in [9.17, 15) is 17.6 Å². The Balaban J connectivity index is 2.54. The first kappa shape index (κ1) is 15.3. The van der Waals surface area contributed by atoms with Gasteiger partial charge in [-0.3, -0.25) is 0 Å². The summed E-state index contributed by atoms with van der Waals surface area (Å²) < 4.78 is 52.9. The second-order valence-electron chi connectivity index (χ2n) is 4.78. The molecule has 2 aromatic rings. The molecule has 4 nitrogen and oxygen atoms in total. The van der Waals surface area contributed by atoms with Gasteiger partial charge < -0.3 is 5.32 Å². The van der Waals surface area contributed by atoms with E-state index in [-0.39, 0.29) is 17.6 Å². The van der Waals surface area contributed by atoms with Gasteiger partial charge in [0.15, 0.2) is 0 Å². The number of aromatic nitrogens is 3. The van der Waals surface area contributed by atoms with Crippen molar-refractivity contribution >= 4 is 5.95 Å². The van der Waals surface area contributed by atoms with E-state index in [4.69, 9.17) is 0 Å². The van der Waals surface area contributed by atoms with E-state index in [2.05, 4.69) is 15.4 Å². The van der Waals surface area contributed by atoms with E-state index >= 15 is 0 Å². The van der Waals surface area contributed by atoms with Crippen molar-refractivity contribution in [1.29, 1.82) is 0 Å². The van der Waals surface area contributed by atoms with Crippen LogP contribution in [-0.4, -0.2) is 21.8 Å². The lowest BCUT2D eigenvalue weighted by atomic mass is 10.0. The molecule has 0 aliphatic heterocycles. The highest BCUT2D eigenvalue weighted by atomic mass is 19.4. The molecule has 0 saturated heterocycles. The molecule has 1 heterocycles. The standard InChI is InChI=1S/C13H14F4N4/c1-7(2)8-4-5-10(9(14)6-8)21-12(18-3)19-11(20-21)13(15,16)17/h4-7H,1-3H3,(H,18,19,20). The third-order valence-corrected chi connectivity index (χ3v) is 2.95. The van der Waals surface area contributed by atoms with E-state index in [1.54, 1.807) is 6.07 Å². The molecule has 0 aliphatic rings. The van der Waals surface area contributed by atoms with Gasteiger partial charge in [-0.15, -0.1) is 5.10 Å². The Kier molecular flexibility index (Phi) is 3.89. The third-order valence-electron chi connectivity index (χ3n) is 2.95. The summed E-state index contributed by atoms with van der Waals surface area (Å²) in [5.74, 6) is -2.05. The van der Waals surface area contributed by atoms with Gasteiger partial charge in [0.2, 0.25) is 5.95 Å². The van der Waals surface area contributed by atoms with Crippen LogP contribution in [0.4, 0.5) is 23.5 Å². The van der Waals surface area contributed by atoms with E-state index < -0.39 is 17.8 Å². The molecule has 2 rings (SSSR count). The molecule has 0 radical (unpaired) electrons. The van der Waals surface area contributed by atoms with Gasteiger partial charge >= 0.3 is 6.18 Å². The number of anilines is 1. The highest BCUT2D eigenvalue weighted by molar-refractivity contribution is 5.43. The topological polar surface area (TPSA) is 42.7 Å². The first-order chi connectivity index (χ1) is 9.74. The molecule has 0 bridgehead atoms. The molecule has 114 valence electrons.